The number of methoxy groups -OCH3 is 1. The van der Waals surface area contributed by atoms with Crippen LogP contribution in [-0.2, 0) is 16.8 Å². The number of hydrogen-bond donors (Lipinski definition) is 2. The second-order valence-corrected chi connectivity index (χ2v) is 13.8. The summed E-state index contributed by atoms with van der Waals surface area (Å²) in [5.74, 6) is 0.472. The summed E-state index contributed by atoms with van der Waals surface area (Å²) in [4.78, 5) is 50.1. The van der Waals surface area contributed by atoms with Crippen molar-refractivity contribution < 1.29 is 19.4 Å². The minimum absolute atomic E-state index is 0.0387. The predicted molar refractivity (Wildman–Crippen MR) is 186 cm³/mol. The molecule has 1 saturated heterocycles. The molecule has 4 aromatic heterocycles. The zero-order valence-corrected chi connectivity index (χ0v) is 28.5. The minimum atomic E-state index is -0.824. The molecule has 2 N–H and O–H groups in total. The van der Waals surface area contributed by atoms with Crippen LogP contribution in [0.25, 0.3) is 17.8 Å². The molecule has 5 aromatic rings. The highest BCUT2D eigenvalue weighted by atomic mass is 32.1. The van der Waals surface area contributed by atoms with Crippen LogP contribution in [0.15, 0.2) is 52.8 Å². The van der Waals surface area contributed by atoms with Crippen LogP contribution in [-0.4, -0.2) is 71.8 Å². The van der Waals surface area contributed by atoms with E-state index < -0.39 is 5.97 Å². The van der Waals surface area contributed by atoms with Crippen molar-refractivity contribution in [2.24, 2.45) is 5.92 Å². The summed E-state index contributed by atoms with van der Waals surface area (Å²) < 4.78 is 8.27. The van der Waals surface area contributed by atoms with Gasteiger partial charge in [0.05, 0.1) is 24.9 Å². The number of carboxylic acids is 1. The topological polar surface area (TPSA) is 170 Å². The standard InChI is InChI=1S/C34H37N9O5S/c1-34(2,3)26-20-49-33(35-26)37-31(46)23-13-16-42-28(18-23)36-30(41-14-11-21(12-15-41)17-29(44)45)25(32(42)47)9-10-27-38-39-40-43(27)19-22-5-7-24(48-4)8-6-22/h5-10,13,16,18,20-21H,11-12,14-15,17,19H2,1-4H3,(H,44,45)(H,35,37,46)/b10-9+. The van der Waals surface area contributed by atoms with Gasteiger partial charge in [0.2, 0.25) is 0 Å². The largest absolute Gasteiger partial charge is 0.497 e. The number of rotatable bonds is 10. The molecule has 49 heavy (non-hydrogen) atoms. The van der Waals surface area contributed by atoms with Crippen LogP contribution in [0.3, 0.4) is 0 Å². The molecule has 5 heterocycles. The molecule has 15 heteroatoms. The number of nitrogens with zero attached hydrogens (tertiary/aromatic N) is 8. The smallest absolute Gasteiger partial charge is 0.303 e. The maximum Gasteiger partial charge on any atom is 0.303 e. The molecule has 0 unspecified atom stereocenters. The van der Waals surface area contributed by atoms with E-state index in [4.69, 9.17) is 9.72 Å². The monoisotopic (exact) mass is 683 g/mol. The van der Waals surface area contributed by atoms with Crippen LogP contribution < -0.4 is 20.5 Å². The number of thiazole rings is 1. The normalized spacial score (nSPS) is 14.1. The zero-order valence-electron chi connectivity index (χ0n) is 27.7. The van der Waals surface area contributed by atoms with Gasteiger partial charge in [-0.15, -0.1) is 16.4 Å². The van der Waals surface area contributed by atoms with E-state index in [0.717, 1.165) is 17.0 Å². The number of hydrogen-bond acceptors (Lipinski definition) is 11. The number of carboxylic acid groups (broad SMARTS) is 1. The van der Waals surface area contributed by atoms with Crippen LogP contribution >= 0.6 is 11.3 Å². The summed E-state index contributed by atoms with van der Waals surface area (Å²) in [5.41, 5.74) is 2.31. The van der Waals surface area contributed by atoms with Gasteiger partial charge in [-0.2, -0.15) is 0 Å². The molecule has 0 radical (unpaired) electrons. The Labute approximate surface area is 286 Å². The number of piperidine rings is 1. The number of nitrogens with one attached hydrogen (secondary N) is 1. The number of tetrazole rings is 1. The van der Waals surface area contributed by atoms with Crippen molar-refractivity contribution in [3.63, 3.8) is 0 Å². The number of benzene rings is 1. The van der Waals surface area contributed by atoms with Gasteiger partial charge in [0, 0.05) is 42.1 Å². The van der Waals surface area contributed by atoms with Gasteiger partial charge < -0.3 is 14.7 Å². The summed E-state index contributed by atoms with van der Waals surface area (Å²) in [6.07, 6.45) is 6.26. The first-order valence-corrected chi connectivity index (χ1v) is 16.7. The first kappa shape index (κ1) is 33.5. The molecule has 1 aromatic carbocycles. The molecule has 0 saturated carbocycles. The average Bonchev–Trinajstić information content (AvgIpc) is 3.74. The number of ether oxygens (including phenoxy) is 1. The van der Waals surface area contributed by atoms with Crippen molar-refractivity contribution in [2.75, 3.05) is 30.4 Å². The van der Waals surface area contributed by atoms with E-state index in [2.05, 4.69) is 46.6 Å². The fourth-order valence-corrected chi connectivity index (χ4v) is 6.55. The lowest BCUT2D eigenvalue weighted by molar-refractivity contribution is -0.138. The summed E-state index contributed by atoms with van der Waals surface area (Å²) in [7, 11) is 1.61. The van der Waals surface area contributed by atoms with Gasteiger partial charge in [-0.1, -0.05) is 32.9 Å². The molecule has 0 bridgehead atoms. The number of anilines is 2. The summed E-state index contributed by atoms with van der Waals surface area (Å²) in [6, 6.07) is 10.7. The van der Waals surface area contributed by atoms with Crippen LogP contribution in [0, 0.1) is 5.92 Å². The Bertz CT molecular complexity index is 2070. The van der Waals surface area contributed by atoms with E-state index in [0.29, 0.717) is 66.0 Å². The van der Waals surface area contributed by atoms with Crippen molar-refractivity contribution in [1.82, 2.24) is 34.6 Å². The summed E-state index contributed by atoms with van der Waals surface area (Å²) in [5, 5.41) is 26.7. The van der Waals surface area contributed by atoms with Crippen LogP contribution in [0.4, 0.5) is 10.9 Å². The fourth-order valence-electron chi connectivity index (χ4n) is 5.61. The third-order valence-electron chi connectivity index (χ3n) is 8.43. The number of carbonyl (C=O) groups excluding carboxylic acids is 1. The molecule has 0 aliphatic carbocycles. The summed E-state index contributed by atoms with van der Waals surface area (Å²) >= 11 is 1.35. The quantitative estimate of drug-likeness (QED) is 0.211. The summed E-state index contributed by atoms with van der Waals surface area (Å²) in [6.45, 7) is 7.62. The molecule has 6 rings (SSSR count). The van der Waals surface area contributed by atoms with Gasteiger partial charge in [0.1, 0.15) is 17.2 Å². The van der Waals surface area contributed by atoms with Gasteiger partial charge in [-0.25, -0.2) is 14.6 Å². The van der Waals surface area contributed by atoms with E-state index >= 15 is 0 Å². The molecular weight excluding hydrogens is 646 g/mol. The molecule has 254 valence electrons. The lowest BCUT2D eigenvalue weighted by atomic mass is 9.93. The Morgan fingerprint density at radius 2 is 1.86 bits per heavy atom. The molecule has 0 spiro atoms. The van der Waals surface area contributed by atoms with Crippen molar-refractivity contribution in [3.8, 4) is 5.75 Å². The van der Waals surface area contributed by atoms with Crippen molar-refractivity contribution in [2.45, 2.75) is 52.0 Å². The first-order chi connectivity index (χ1) is 23.5. The molecular formula is C34H37N9O5S. The fraction of sp³-hybridized carbons (Fsp3) is 0.353. The molecule has 0 atom stereocenters. The Hall–Kier alpha value is -5.44. The Balaban J connectivity index is 1.32. The Morgan fingerprint density at radius 3 is 2.53 bits per heavy atom. The second-order valence-electron chi connectivity index (χ2n) is 12.9. The van der Waals surface area contributed by atoms with Crippen molar-refractivity contribution in [3.05, 3.63) is 86.5 Å². The van der Waals surface area contributed by atoms with E-state index in [1.807, 2.05) is 34.5 Å². The highest BCUT2D eigenvalue weighted by Crippen LogP contribution is 2.28. The van der Waals surface area contributed by atoms with E-state index in [1.54, 1.807) is 36.1 Å². The number of amides is 1. The molecule has 1 amide bonds. The Kier molecular flexibility index (Phi) is 9.53. The molecule has 1 aliphatic heterocycles. The highest BCUT2D eigenvalue weighted by molar-refractivity contribution is 7.14. The van der Waals surface area contributed by atoms with Crippen LogP contribution in [0.2, 0.25) is 0 Å². The number of aliphatic carboxylic acids is 1. The van der Waals surface area contributed by atoms with Gasteiger partial charge >= 0.3 is 5.97 Å². The highest BCUT2D eigenvalue weighted by Gasteiger charge is 2.26. The number of carbonyl (C=O) groups is 2. The van der Waals surface area contributed by atoms with Crippen LogP contribution in [0.1, 0.15) is 73.0 Å². The lowest BCUT2D eigenvalue weighted by Crippen LogP contribution is -2.37. The van der Waals surface area contributed by atoms with Gasteiger partial charge in [-0.05, 0) is 71.2 Å². The van der Waals surface area contributed by atoms with Gasteiger partial charge in [0.15, 0.2) is 11.0 Å². The Morgan fingerprint density at radius 1 is 1.10 bits per heavy atom. The second kappa shape index (κ2) is 14.0. The van der Waals surface area contributed by atoms with Crippen LogP contribution in [0.5, 0.6) is 5.75 Å². The number of pyridine rings is 1. The molecule has 1 fully saturated rings. The maximum absolute atomic E-state index is 14.1. The van der Waals surface area contributed by atoms with Gasteiger partial charge in [0.25, 0.3) is 11.5 Å². The molecule has 1 aliphatic rings. The van der Waals surface area contributed by atoms with Crippen molar-refractivity contribution in [1.29, 1.82) is 0 Å². The maximum atomic E-state index is 14.1. The zero-order chi connectivity index (χ0) is 34.7. The third-order valence-corrected chi connectivity index (χ3v) is 9.19. The number of fused-ring (bicyclic) bond motifs is 1. The molecule has 14 nitrogen and oxygen atoms in total. The number of aromatic nitrogens is 7. The third kappa shape index (κ3) is 7.67. The average molecular weight is 684 g/mol. The van der Waals surface area contributed by atoms with E-state index in [9.17, 15) is 19.5 Å². The SMILES string of the molecule is COc1ccc(Cn2nnnc2/C=C/c2c(N3CCC(CC(=O)O)CC3)nc3cc(C(=O)Nc4nc(C(C)(C)C)cs4)ccn3c2=O)cc1. The predicted octanol–water partition coefficient (Wildman–Crippen LogP) is 4.61. The van der Waals surface area contributed by atoms with E-state index in [1.165, 1.54) is 21.9 Å². The first-order valence-electron chi connectivity index (χ1n) is 15.9. The van der Waals surface area contributed by atoms with E-state index in [-0.39, 0.29) is 29.2 Å². The lowest BCUT2D eigenvalue weighted by Gasteiger charge is -2.33. The minimum Gasteiger partial charge on any atom is -0.497 e. The van der Waals surface area contributed by atoms with Gasteiger partial charge in [-0.3, -0.25) is 24.1 Å². The van der Waals surface area contributed by atoms with Crippen molar-refractivity contribution >= 4 is 52.0 Å².